The molecule has 5 atom stereocenters. The number of nitrogens with zero attached hydrogens (tertiary/aromatic N) is 1. The molecular weight excluding hydrogens is 412 g/mol. The van der Waals surface area contributed by atoms with E-state index in [0.29, 0.717) is 5.39 Å². The summed E-state index contributed by atoms with van der Waals surface area (Å²) < 4.78 is 33.8. The molecule has 10 heteroatoms. The lowest BCUT2D eigenvalue weighted by molar-refractivity contribution is -0.229. The Balaban J connectivity index is 1.76. The number of nitrogens with one attached hydrogen (secondary N) is 1. The molecule has 5 N–H and O–H groups in total. The normalized spacial score (nSPS) is 27.3. The van der Waals surface area contributed by atoms with Crippen LogP contribution in [0.3, 0.4) is 0 Å². The molecule has 3 rings (SSSR count). The largest absolute Gasteiger partial charge is 0.394 e. The zero-order valence-electron chi connectivity index (χ0n) is 16.8. The number of anilines is 1. The summed E-state index contributed by atoms with van der Waals surface area (Å²) in [6.45, 7) is -0.591. The lowest BCUT2D eigenvalue weighted by Gasteiger charge is -2.40. The predicted molar refractivity (Wildman–Crippen MR) is 112 cm³/mol. The van der Waals surface area contributed by atoms with Crippen LogP contribution in [0.4, 0.5) is 5.69 Å². The Morgan fingerprint density at radius 1 is 0.967 bits per heavy atom. The van der Waals surface area contributed by atoms with Gasteiger partial charge in [-0.05, 0) is 18.6 Å². The van der Waals surface area contributed by atoms with Crippen LogP contribution in [0.15, 0.2) is 41.3 Å². The number of ether oxygens (including phenoxy) is 1. The summed E-state index contributed by atoms with van der Waals surface area (Å²) in [4.78, 5) is 2.04. The second-order valence-corrected chi connectivity index (χ2v) is 9.31. The highest BCUT2D eigenvalue weighted by atomic mass is 32.2. The predicted octanol–water partition coefficient (Wildman–Crippen LogP) is -0.583. The van der Waals surface area contributed by atoms with E-state index in [1.807, 2.05) is 31.1 Å². The summed E-state index contributed by atoms with van der Waals surface area (Å²) in [7, 11) is -0.0908. The van der Waals surface area contributed by atoms with Crippen LogP contribution in [-0.4, -0.2) is 86.6 Å². The SMILES string of the molecule is CN(C)c1cccc2c(S(=O)(=O)NCC[C@H]3O[C@H](CO)[C@H](O)[C@H](O)[C@H]3O)cccc12. The van der Waals surface area contributed by atoms with E-state index < -0.39 is 47.2 Å². The molecule has 1 fully saturated rings. The molecule has 0 saturated carbocycles. The molecule has 2 aromatic carbocycles. The third kappa shape index (κ3) is 4.45. The van der Waals surface area contributed by atoms with Gasteiger partial charge in [-0.1, -0.05) is 24.3 Å². The third-order valence-electron chi connectivity index (χ3n) is 5.34. The van der Waals surface area contributed by atoms with Crippen LogP contribution in [0.2, 0.25) is 0 Å². The molecule has 0 aliphatic carbocycles. The van der Waals surface area contributed by atoms with Gasteiger partial charge in [0.05, 0.1) is 17.6 Å². The lowest BCUT2D eigenvalue weighted by atomic mass is 9.94. The van der Waals surface area contributed by atoms with E-state index in [1.165, 1.54) is 6.07 Å². The van der Waals surface area contributed by atoms with Crippen LogP contribution < -0.4 is 9.62 Å². The fourth-order valence-corrected chi connectivity index (χ4v) is 4.99. The summed E-state index contributed by atoms with van der Waals surface area (Å²) in [5.41, 5.74) is 0.894. The van der Waals surface area contributed by atoms with Gasteiger partial charge >= 0.3 is 0 Å². The highest BCUT2D eigenvalue weighted by molar-refractivity contribution is 7.89. The number of fused-ring (bicyclic) bond motifs is 1. The molecule has 30 heavy (non-hydrogen) atoms. The van der Waals surface area contributed by atoms with Gasteiger partial charge in [0.15, 0.2) is 0 Å². The Morgan fingerprint density at radius 2 is 1.60 bits per heavy atom. The van der Waals surface area contributed by atoms with Crippen molar-refractivity contribution in [3.05, 3.63) is 36.4 Å². The number of rotatable bonds is 7. The molecule has 1 aliphatic rings. The van der Waals surface area contributed by atoms with Gasteiger partial charge in [-0.15, -0.1) is 0 Å². The average Bonchev–Trinajstić information content (AvgIpc) is 2.72. The number of aliphatic hydroxyl groups excluding tert-OH is 4. The topological polar surface area (TPSA) is 140 Å². The second-order valence-electron chi connectivity index (χ2n) is 7.58. The van der Waals surface area contributed by atoms with Gasteiger partial charge in [-0.25, -0.2) is 13.1 Å². The second kappa shape index (κ2) is 9.15. The standard InChI is InChI=1S/C20H28N2O7S/c1-22(2)14-7-3-6-13-12(14)5-4-8-17(13)30(27,28)21-10-9-15-18(24)20(26)19(25)16(11-23)29-15/h3-8,15-16,18-21,23-26H,9-11H2,1-2H3/t15-,16-,18+,19+,20-/m1/s1. The van der Waals surface area contributed by atoms with Crippen molar-refractivity contribution in [1.82, 2.24) is 4.72 Å². The van der Waals surface area contributed by atoms with Gasteiger partial charge < -0.3 is 30.1 Å². The fourth-order valence-electron chi connectivity index (χ4n) is 3.72. The van der Waals surface area contributed by atoms with E-state index >= 15 is 0 Å². The van der Waals surface area contributed by atoms with E-state index in [1.54, 1.807) is 18.2 Å². The van der Waals surface area contributed by atoms with Crippen LogP contribution in [0.25, 0.3) is 10.8 Å². The maximum Gasteiger partial charge on any atom is 0.241 e. The number of aliphatic hydroxyl groups is 4. The lowest BCUT2D eigenvalue weighted by Crippen LogP contribution is -2.58. The van der Waals surface area contributed by atoms with E-state index in [9.17, 15) is 28.8 Å². The Hall–Kier alpha value is -1.79. The number of benzene rings is 2. The minimum Gasteiger partial charge on any atom is -0.394 e. The minimum absolute atomic E-state index is 0.0500. The molecule has 0 radical (unpaired) electrons. The number of sulfonamides is 1. The van der Waals surface area contributed by atoms with Crippen molar-refractivity contribution in [3.8, 4) is 0 Å². The molecule has 1 aliphatic heterocycles. The zero-order valence-corrected chi connectivity index (χ0v) is 17.7. The minimum atomic E-state index is -3.86. The molecule has 1 saturated heterocycles. The van der Waals surface area contributed by atoms with Crippen LogP contribution in [-0.2, 0) is 14.8 Å². The molecule has 0 unspecified atom stereocenters. The Bertz CT molecular complexity index is 980. The van der Waals surface area contributed by atoms with E-state index in [-0.39, 0.29) is 17.9 Å². The number of hydrogen-bond acceptors (Lipinski definition) is 8. The molecule has 0 spiro atoms. The van der Waals surface area contributed by atoms with Gasteiger partial charge in [0.1, 0.15) is 24.4 Å². The Kier molecular flexibility index (Phi) is 6.98. The highest BCUT2D eigenvalue weighted by Gasteiger charge is 2.43. The van der Waals surface area contributed by atoms with E-state index in [4.69, 9.17) is 4.74 Å². The molecule has 0 amide bonds. The zero-order chi connectivity index (χ0) is 22.1. The van der Waals surface area contributed by atoms with E-state index in [0.717, 1.165) is 11.1 Å². The first kappa shape index (κ1) is 22.9. The molecule has 0 aromatic heterocycles. The quantitative estimate of drug-likeness (QED) is 0.385. The first-order valence-corrected chi connectivity index (χ1v) is 11.1. The summed E-state index contributed by atoms with van der Waals surface area (Å²) in [6, 6.07) is 10.5. The van der Waals surface area contributed by atoms with Crippen molar-refractivity contribution in [2.75, 3.05) is 32.1 Å². The van der Waals surface area contributed by atoms with Crippen molar-refractivity contribution in [3.63, 3.8) is 0 Å². The van der Waals surface area contributed by atoms with E-state index in [2.05, 4.69) is 4.72 Å². The maximum absolute atomic E-state index is 12.9. The first-order chi connectivity index (χ1) is 14.2. The molecule has 1 heterocycles. The van der Waals surface area contributed by atoms with Crippen LogP contribution >= 0.6 is 0 Å². The van der Waals surface area contributed by atoms with Crippen LogP contribution in [0.1, 0.15) is 6.42 Å². The summed E-state index contributed by atoms with van der Waals surface area (Å²) in [5.74, 6) is 0. The fraction of sp³-hybridized carbons (Fsp3) is 0.500. The smallest absolute Gasteiger partial charge is 0.241 e. The maximum atomic E-state index is 12.9. The molecule has 2 aromatic rings. The van der Waals surface area contributed by atoms with Crippen molar-refractivity contribution < 1.29 is 33.6 Å². The average molecular weight is 441 g/mol. The molecule has 0 bridgehead atoms. The van der Waals surface area contributed by atoms with Crippen LogP contribution in [0.5, 0.6) is 0 Å². The van der Waals surface area contributed by atoms with Crippen molar-refractivity contribution in [2.24, 2.45) is 0 Å². The summed E-state index contributed by atoms with van der Waals surface area (Å²) in [6.07, 6.45) is -6.23. The van der Waals surface area contributed by atoms with Crippen molar-refractivity contribution in [1.29, 1.82) is 0 Å². The summed E-state index contributed by atoms with van der Waals surface area (Å²) in [5, 5.41) is 40.4. The molecule has 166 valence electrons. The van der Waals surface area contributed by atoms with Gasteiger partial charge in [0.2, 0.25) is 10.0 Å². The Morgan fingerprint density at radius 3 is 2.27 bits per heavy atom. The van der Waals surface area contributed by atoms with Crippen molar-refractivity contribution in [2.45, 2.75) is 41.8 Å². The Labute approximate surface area is 175 Å². The monoisotopic (exact) mass is 440 g/mol. The molecule has 9 nitrogen and oxygen atoms in total. The number of hydrogen-bond donors (Lipinski definition) is 5. The van der Waals surface area contributed by atoms with Gasteiger partial charge in [-0.3, -0.25) is 0 Å². The highest BCUT2D eigenvalue weighted by Crippen LogP contribution is 2.30. The first-order valence-electron chi connectivity index (χ1n) is 9.66. The van der Waals surface area contributed by atoms with Gasteiger partial charge in [0.25, 0.3) is 0 Å². The van der Waals surface area contributed by atoms with Crippen LogP contribution in [0, 0.1) is 0 Å². The summed E-state index contributed by atoms with van der Waals surface area (Å²) >= 11 is 0. The third-order valence-corrected chi connectivity index (χ3v) is 6.86. The van der Waals surface area contributed by atoms with Gasteiger partial charge in [0, 0.05) is 37.1 Å². The molecular formula is C20H28N2O7S. The van der Waals surface area contributed by atoms with Gasteiger partial charge in [-0.2, -0.15) is 0 Å². The van der Waals surface area contributed by atoms with Crippen molar-refractivity contribution >= 4 is 26.5 Å².